The van der Waals surface area contributed by atoms with Crippen LogP contribution in [0.4, 0.5) is 0 Å². The number of likely N-dealkylation sites (tertiary alicyclic amines) is 1. The SMILES string of the molecule is CCc1ccc(CC(=O)N2C[C@@H](O)[C@H](NC(=O)Cc3ccc(Cl)s3)C2)cc1. The van der Waals surface area contributed by atoms with E-state index < -0.39 is 12.1 Å². The number of rotatable bonds is 6. The van der Waals surface area contributed by atoms with Crippen molar-refractivity contribution in [2.24, 2.45) is 0 Å². The number of benzene rings is 1. The van der Waals surface area contributed by atoms with E-state index in [-0.39, 0.29) is 24.8 Å². The lowest BCUT2D eigenvalue weighted by atomic mass is 10.1. The molecule has 27 heavy (non-hydrogen) atoms. The predicted molar refractivity (Wildman–Crippen MR) is 107 cm³/mol. The molecular formula is C20H23ClN2O3S. The minimum absolute atomic E-state index is 0.0416. The summed E-state index contributed by atoms with van der Waals surface area (Å²) in [6.07, 6.45) is 0.724. The van der Waals surface area contributed by atoms with Gasteiger partial charge in [-0.05, 0) is 29.7 Å². The van der Waals surface area contributed by atoms with Gasteiger partial charge in [-0.1, -0.05) is 42.8 Å². The van der Waals surface area contributed by atoms with E-state index in [1.54, 1.807) is 11.0 Å². The molecule has 7 heteroatoms. The largest absolute Gasteiger partial charge is 0.389 e. The van der Waals surface area contributed by atoms with E-state index in [1.165, 1.54) is 16.9 Å². The van der Waals surface area contributed by atoms with Crippen LogP contribution in [-0.2, 0) is 28.9 Å². The number of carbonyl (C=O) groups is 2. The van der Waals surface area contributed by atoms with Crippen LogP contribution in [0.5, 0.6) is 0 Å². The van der Waals surface area contributed by atoms with E-state index in [2.05, 4.69) is 12.2 Å². The Morgan fingerprint density at radius 3 is 2.48 bits per heavy atom. The number of hydrogen-bond acceptors (Lipinski definition) is 4. The van der Waals surface area contributed by atoms with Crippen LogP contribution in [0.1, 0.15) is 22.9 Å². The molecule has 2 N–H and O–H groups in total. The molecular weight excluding hydrogens is 384 g/mol. The Morgan fingerprint density at radius 2 is 1.85 bits per heavy atom. The third-order valence-electron chi connectivity index (χ3n) is 4.74. The highest BCUT2D eigenvalue weighted by molar-refractivity contribution is 7.16. The quantitative estimate of drug-likeness (QED) is 0.774. The van der Waals surface area contributed by atoms with E-state index >= 15 is 0 Å². The molecule has 0 radical (unpaired) electrons. The molecule has 2 atom stereocenters. The van der Waals surface area contributed by atoms with Crippen LogP contribution in [0.2, 0.25) is 4.34 Å². The number of β-amino-alcohol motifs (C(OH)–C–C–N with tert-alkyl or cyclic N) is 1. The average molecular weight is 407 g/mol. The number of carbonyl (C=O) groups excluding carboxylic acids is 2. The van der Waals surface area contributed by atoms with Gasteiger partial charge < -0.3 is 15.3 Å². The second kappa shape index (κ2) is 8.87. The summed E-state index contributed by atoms with van der Waals surface area (Å²) in [6, 6.07) is 11.1. The van der Waals surface area contributed by atoms with Crippen molar-refractivity contribution in [1.82, 2.24) is 10.2 Å². The fourth-order valence-electron chi connectivity index (χ4n) is 3.17. The van der Waals surface area contributed by atoms with Gasteiger partial charge >= 0.3 is 0 Å². The van der Waals surface area contributed by atoms with E-state index in [9.17, 15) is 14.7 Å². The van der Waals surface area contributed by atoms with E-state index in [0.29, 0.717) is 17.3 Å². The molecule has 2 amide bonds. The Kier molecular flexibility index (Phi) is 6.52. The van der Waals surface area contributed by atoms with Crippen molar-refractivity contribution < 1.29 is 14.7 Å². The van der Waals surface area contributed by atoms with Crippen LogP contribution in [0.15, 0.2) is 36.4 Å². The number of aliphatic hydroxyl groups is 1. The molecule has 0 aliphatic carbocycles. The standard InChI is InChI=1S/C20H23ClN2O3S/c1-2-13-3-5-14(6-4-13)9-20(26)23-11-16(17(24)12-23)22-19(25)10-15-7-8-18(21)27-15/h3-8,16-17,24H,2,9-12H2,1H3,(H,22,25)/t16-,17-/m1/s1. The van der Waals surface area contributed by atoms with Crippen molar-refractivity contribution >= 4 is 34.8 Å². The highest BCUT2D eigenvalue weighted by Crippen LogP contribution is 2.22. The molecule has 1 aliphatic rings. The summed E-state index contributed by atoms with van der Waals surface area (Å²) >= 11 is 7.24. The Bertz CT molecular complexity index is 806. The van der Waals surface area contributed by atoms with Crippen LogP contribution < -0.4 is 5.32 Å². The third-order valence-corrected chi connectivity index (χ3v) is 5.97. The fraction of sp³-hybridized carbons (Fsp3) is 0.400. The first kappa shape index (κ1) is 19.9. The first-order valence-corrected chi connectivity index (χ1v) is 10.2. The van der Waals surface area contributed by atoms with Crippen molar-refractivity contribution in [3.8, 4) is 0 Å². The lowest BCUT2D eigenvalue weighted by Crippen LogP contribution is -2.43. The van der Waals surface area contributed by atoms with Crippen molar-refractivity contribution in [3.05, 3.63) is 56.7 Å². The van der Waals surface area contributed by atoms with Gasteiger partial charge in [-0.2, -0.15) is 0 Å². The van der Waals surface area contributed by atoms with E-state index in [0.717, 1.165) is 16.9 Å². The lowest BCUT2D eigenvalue weighted by Gasteiger charge is -2.17. The predicted octanol–water partition coefficient (Wildman–Crippen LogP) is 2.44. The van der Waals surface area contributed by atoms with Crippen LogP contribution in [0.3, 0.4) is 0 Å². The zero-order chi connectivity index (χ0) is 19.4. The van der Waals surface area contributed by atoms with Crippen LogP contribution >= 0.6 is 22.9 Å². The fourth-order valence-corrected chi connectivity index (χ4v) is 4.26. The molecule has 0 saturated carbocycles. The average Bonchev–Trinajstić information content (AvgIpc) is 3.21. The smallest absolute Gasteiger partial charge is 0.227 e. The molecule has 1 fully saturated rings. The number of aryl methyl sites for hydroxylation is 1. The van der Waals surface area contributed by atoms with E-state index in [4.69, 9.17) is 11.6 Å². The zero-order valence-corrected chi connectivity index (χ0v) is 16.7. The first-order valence-electron chi connectivity index (χ1n) is 9.02. The lowest BCUT2D eigenvalue weighted by molar-refractivity contribution is -0.130. The molecule has 5 nitrogen and oxygen atoms in total. The second-order valence-corrected chi connectivity index (χ2v) is 8.57. The van der Waals surface area contributed by atoms with Crippen molar-refractivity contribution in [2.75, 3.05) is 13.1 Å². The summed E-state index contributed by atoms with van der Waals surface area (Å²) in [6.45, 7) is 2.65. The highest BCUT2D eigenvalue weighted by atomic mass is 35.5. The molecule has 144 valence electrons. The molecule has 1 aromatic heterocycles. The number of halogens is 1. The van der Waals surface area contributed by atoms with Crippen LogP contribution in [0.25, 0.3) is 0 Å². The van der Waals surface area contributed by atoms with Gasteiger partial charge in [-0.25, -0.2) is 0 Å². The minimum atomic E-state index is -0.757. The van der Waals surface area contributed by atoms with Gasteiger partial charge in [-0.3, -0.25) is 9.59 Å². The number of nitrogens with one attached hydrogen (secondary N) is 1. The van der Waals surface area contributed by atoms with Gasteiger partial charge in [0.15, 0.2) is 0 Å². The highest BCUT2D eigenvalue weighted by Gasteiger charge is 2.34. The van der Waals surface area contributed by atoms with Crippen LogP contribution in [-0.4, -0.2) is 47.1 Å². The maximum absolute atomic E-state index is 12.5. The summed E-state index contributed by atoms with van der Waals surface area (Å²) in [7, 11) is 0. The Morgan fingerprint density at radius 1 is 1.15 bits per heavy atom. The number of nitrogens with zero attached hydrogens (tertiary/aromatic N) is 1. The van der Waals surface area contributed by atoms with Crippen LogP contribution in [0, 0.1) is 0 Å². The minimum Gasteiger partial charge on any atom is -0.389 e. The monoisotopic (exact) mass is 406 g/mol. The topological polar surface area (TPSA) is 69.6 Å². The molecule has 0 spiro atoms. The zero-order valence-electron chi connectivity index (χ0n) is 15.2. The first-order chi connectivity index (χ1) is 12.9. The van der Waals surface area contributed by atoms with Crippen molar-refractivity contribution in [2.45, 2.75) is 38.3 Å². The summed E-state index contributed by atoms with van der Waals surface area (Å²) in [5.74, 6) is -0.220. The Labute approximate surface area is 168 Å². The second-order valence-electron chi connectivity index (χ2n) is 6.77. The van der Waals surface area contributed by atoms with Gasteiger partial charge in [0.2, 0.25) is 11.8 Å². The number of aliphatic hydroxyl groups excluding tert-OH is 1. The number of hydrogen-bond donors (Lipinski definition) is 2. The normalized spacial score (nSPS) is 19.3. The summed E-state index contributed by atoms with van der Waals surface area (Å²) in [5, 5.41) is 13.1. The molecule has 2 aromatic rings. The van der Waals surface area contributed by atoms with Gasteiger partial charge in [0.05, 0.1) is 29.3 Å². The van der Waals surface area contributed by atoms with Crippen molar-refractivity contribution in [3.63, 3.8) is 0 Å². The number of amides is 2. The maximum atomic E-state index is 12.5. The Balaban J connectivity index is 1.51. The molecule has 3 rings (SSSR count). The van der Waals surface area contributed by atoms with Gasteiger partial charge in [0, 0.05) is 18.0 Å². The van der Waals surface area contributed by atoms with Gasteiger partial charge in [-0.15, -0.1) is 11.3 Å². The van der Waals surface area contributed by atoms with E-state index in [1.807, 2.05) is 30.3 Å². The van der Waals surface area contributed by atoms with Crippen molar-refractivity contribution in [1.29, 1.82) is 0 Å². The molecule has 0 unspecified atom stereocenters. The number of thiophene rings is 1. The molecule has 1 saturated heterocycles. The van der Waals surface area contributed by atoms with Gasteiger partial charge in [0.25, 0.3) is 0 Å². The summed E-state index contributed by atoms with van der Waals surface area (Å²) < 4.78 is 0.641. The molecule has 2 heterocycles. The maximum Gasteiger partial charge on any atom is 0.227 e. The Hall–Kier alpha value is -1.89. The summed E-state index contributed by atoms with van der Waals surface area (Å²) in [5.41, 5.74) is 2.19. The molecule has 1 aromatic carbocycles. The summed E-state index contributed by atoms with van der Waals surface area (Å²) in [4.78, 5) is 27.2. The molecule has 1 aliphatic heterocycles. The third kappa shape index (κ3) is 5.31. The molecule has 0 bridgehead atoms. The van der Waals surface area contributed by atoms with Gasteiger partial charge in [0.1, 0.15) is 0 Å².